The van der Waals surface area contributed by atoms with E-state index in [1.165, 1.54) is 17.4 Å². The van der Waals surface area contributed by atoms with Crippen molar-refractivity contribution in [1.82, 2.24) is 5.32 Å². The molecule has 12 heteroatoms. The molecule has 1 amide bonds. The van der Waals surface area contributed by atoms with Crippen molar-refractivity contribution in [2.24, 2.45) is 0 Å². The lowest BCUT2D eigenvalue weighted by atomic mass is 9.93. The summed E-state index contributed by atoms with van der Waals surface area (Å²) < 4.78 is 80.3. The van der Waals surface area contributed by atoms with E-state index in [1.54, 1.807) is 18.2 Å². The van der Waals surface area contributed by atoms with Gasteiger partial charge in [-0.15, -0.1) is 0 Å². The molecule has 1 atom stereocenters. The van der Waals surface area contributed by atoms with Crippen LogP contribution in [0.2, 0.25) is 0 Å². The number of carboxylic acid groups (broad SMARTS) is 1. The van der Waals surface area contributed by atoms with Gasteiger partial charge in [0.15, 0.2) is 0 Å². The Hall–Kier alpha value is -2.50. The van der Waals surface area contributed by atoms with Gasteiger partial charge in [0.05, 0.1) is 0 Å². The van der Waals surface area contributed by atoms with E-state index in [-0.39, 0.29) is 0 Å². The number of alkyl halides is 6. The molecular weight excluding hydrogens is 376 g/mol. The third-order valence-electron chi connectivity index (χ3n) is 3.24. The molecule has 1 aromatic carbocycles. The van der Waals surface area contributed by atoms with Crippen LogP contribution in [0.25, 0.3) is 0 Å². The summed E-state index contributed by atoms with van der Waals surface area (Å²) in [6, 6.07) is 5.10. The van der Waals surface area contributed by atoms with E-state index in [1.807, 2.05) is 0 Å². The Labute approximate surface area is 142 Å². The van der Waals surface area contributed by atoms with Gasteiger partial charge in [0.2, 0.25) is 0 Å². The summed E-state index contributed by atoms with van der Waals surface area (Å²) in [4.78, 5) is 22.4. The predicted octanol–water partition coefficient (Wildman–Crippen LogP) is 2.61. The molecule has 0 spiro atoms. The van der Waals surface area contributed by atoms with E-state index in [2.05, 4.69) is 4.74 Å². The molecule has 0 saturated carbocycles. The number of hydrogen-bond acceptors (Lipinski definition) is 4. The maximum absolute atomic E-state index is 12.6. The van der Waals surface area contributed by atoms with Gasteiger partial charge in [-0.2, -0.15) is 26.3 Å². The van der Waals surface area contributed by atoms with Gasteiger partial charge in [-0.1, -0.05) is 30.3 Å². The van der Waals surface area contributed by atoms with Crippen molar-refractivity contribution < 1.29 is 50.9 Å². The highest BCUT2D eigenvalue weighted by molar-refractivity contribution is 5.80. The number of ether oxygens (including phenoxy) is 1. The number of rotatable bonds is 6. The Kier molecular flexibility index (Phi) is 6.47. The highest BCUT2D eigenvalue weighted by Gasteiger charge is 2.71. The molecule has 0 heterocycles. The van der Waals surface area contributed by atoms with Crippen molar-refractivity contribution in [2.75, 3.05) is 0 Å². The van der Waals surface area contributed by atoms with E-state index in [0.29, 0.717) is 5.56 Å². The minimum Gasteiger partial charge on any atom is -0.480 e. The summed E-state index contributed by atoms with van der Waals surface area (Å²) in [6.07, 6.45) is -16.4. The number of amides is 1. The van der Waals surface area contributed by atoms with Crippen LogP contribution in [0.5, 0.6) is 0 Å². The Morgan fingerprint density at radius 3 is 1.96 bits per heavy atom. The van der Waals surface area contributed by atoms with Crippen LogP contribution < -0.4 is 5.32 Å². The first-order chi connectivity index (χ1) is 11.8. The second-order valence-electron chi connectivity index (χ2n) is 5.16. The average molecular weight is 389 g/mol. The van der Waals surface area contributed by atoms with E-state index >= 15 is 0 Å². The SMILES string of the molecule is O=C(NC(CC(O)(C(F)(F)F)C(F)(F)F)C(=O)O)OCc1ccccc1. The zero-order chi connectivity index (χ0) is 20.2. The average Bonchev–Trinajstić information content (AvgIpc) is 2.51. The molecule has 6 nitrogen and oxygen atoms in total. The molecule has 1 aromatic rings. The molecule has 0 aliphatic heterocycles. The number of carbonyl (C=O) groups is 2. The number of alkyl carbamates (subject to hydrolysis) is 1. The Balaban J connectivity index is 2.85. The fourth-order valence-corrected chi connectivity index (χ4v) is 1.79. The van der Waals surface area contributed by atoms with E-state index in [4.69, 9.17) is 10.2 Å². The van der Waals surface area contributed by atoms with Gasteiger partial charge >= 0.3 is 24.4 Å². The first-order valence-electron chi connectivity index (χ1n) is 6.84. The van der Waals surface area contributed by atoms with Gasteiger partial charge in [0.1, 0.15) is 12.6 Å². The molecule has 0 aliphatic rings. The molecule has 0 aliphatic carbocycles. The zero-order valence-corrected chi connectivity index (χ0v) is 12.8. The van der Waals surface area contributed by atoms with Gasteiger partial charge in [0, 0.05) is 6.42 Å². The van der Waals surface area contributed by atoms with Crippen molar-refractivity contribution in [2.45, 2.75) is 37.0 Å². The predicted molar refractivity (Wildman–Crippen MR) is 72.9 cm³/mol. The van der Waals surface area contributed by atoms with Crippen LogP contribution in [0.4, 0.5) is 31.1 Å². The summed E-state index contributed by atoms with van der Waals surface area (Å²) in [5.41, 5.74) is -4.88. The largest absolute Gasteiger partial charge is 0.480 e. The van der Waals surface area contributed by atoms with Gasteiger partial charge < -0.3 is 20.3 Å². The Morgan fingerprint density at radius 2 is 1.54 bits per heavy atom. The number of carboxylic acids is 1. The fourth-order valence-electron chi connectivity index (χ4n) is 1.79. The van der Waals surface area contributed by atoms with Gasteiger partial charge in [-0.05, 0) is 5.56 Å². The first kappa shape index (κ1) is 21.5. The summed E-state index contributed by atoms with van der Waals surface area (Å²) in [5, 5.41) is 19.2. The molecule has 1 rings (SSSR count). The summed E-state index contributed by atoms with van der Waals surface area (Å²) in [7, 11) is 0. The lowest BCUT2D eigenvalue weighted by Crippen LogP contribution is -2.61. The molecule has 0 aromatic heterocycles. The monoisotopic (exact) mass is 389 g/mol. The molecule has 146 valence electrons. The minimum atomic E-state index is -6.21. The molecule has 0 saturated heterocycles. The molecule has 26 heavy (non-hydrogen) atoms. The van der Waals surface area contributed by atoms with Crippen LogP contribution in [0.15, 0.2) is 30.3 Å². The zero-order valence-electron chi connectivity index (χ0n) is 12.8. The molecule has 1 unspecified atom stereocenters. The van der Waals surface area contributed by atoms with Crippen molar-refractivity contribution >= 4 is 12.1 Å². The summed E-state index contributed by atoms with van der Waals surface area (Å²) in [6.45, 7) is -0.401. The number of aliphatic carboxylic acids is 1. The smallest absolute Gasteiger partial charge is 0.426 e. The van der Waals surface area contributed by atoms with Crippen LogP contribution in [-0.2, 0) is 16.1 Å². The summed E-state index contributed by atoms with van der Waals surface area (Å²) in [5.74, 6) is -2.21. The normalized spacial score (nSPS) is 13.8. The topological polar surface area (TPSA) is 95.9 Å². The number of aliphatic hydroxyl groups is 1. The summed E-state index contributed by atoms with van der Waals surface area (Å²) >= 11 is 0. The highest BCUT2D eigenvalue weighted by atomic mass is 19.4. The van der Waals surface area contributed by atoms with Crippen LogP contribution in [-0.4, -0.2) is 46.3 Å². The van der Waals surface area contributed by atoms with E-state index in [9.17, 15) is 35.9 Å². The van der Waals surface area contributed by atoms with E-state index in [0.717, 1.165) is 0 Å². The maximum atomic E-state index is 12.6. The number of benzene rings is 1. The number of carbonyl (C=O) groups excluding carboxylic acids is 1. The van der Waals surface area contributed by atoms with Gasteiger partial charge in [-0.3, -0.25) is 0 Å². The maximum Gasteiger partial charge on any atom is 0.426 e. The third kappa shape index (κ3) is 5.25. The molecule has 0 bridgehead atoms. The number of hydrogen-bond donors (Lipinski definition) is 3. The van der Waals surface area contributed by atoms with Crippen LogP contribution in [0.3, 0.4) is 0 Å². The number of halogens is 6. The molecule has 0 fully saturated rings. The second kappa shape index (κ2) is 7.81. The van der Waals surface area contributed by atoms with Crippen molar-refractivity contribution in [3.05, 3.63) is 35.9 Å². The molecule has 3 N–H and O–H groups in total. The standard InChI is InChI=1S/C14H13F6NO5/c15-13(16,17)12(25,14(18,19)20)6-9(10(22)23)21-11(24)26-7-8-4-2-1-3-5-8/h1-5,9,25H,6-7H2,(H,21,24)(H,22,23). The first-order valence-corrected chi connectivity index (χ1v) is 6.84. The molecule has 0 radical (unpaired) electrons. The lowest BCUT2D eigenvalue weighted by Gasteiger charge is -2.34. The highest BCUT2D eigenvalue weighted by Crippen LogP contribution is 2.45. The Morgan fingerprint density at radius 1 is 1.04 bits per heavy atom. The fraction of sp³-hybridized carbons (Fsp3) is 0.429. The van der Waals surface area contributed by atoms with E-state index < -0.39 is 49.1 Å². The van der Waals surface area contributed by atoms with Crippen LogP contribution >= 0.6 is 0 Å². The van der Waals surface area contributed by atoms with Gasteiger partial charge in [0.25, 0.3) is 5.60 Å². The van der Waals surface area contributed by atoms with Crippen LogP contribution in [0.1, 0.15) is 12.0 Å². The lowest BCUT2D eigenvalue weighted by molar-refractivity contribution is -0.370. The second-order valence-corrected chi connectivity index (χ2v) is 5.16. The Bertz CT molecular complexity index is 617. The van der Waals surface area contributed by atoms with Crippen molar-refractivity contribution in [3.8, 4) is 0 Å². The van der Waals surface area contributed by atoms with Crippen molar-refractivity contribution in [3.63, 3.8) is 0 Å². The minimum absolute atomic E-state index is 0.401. The molecular formula is C14H13F6NO5. The van der Waals surface area contributed by atoms with Crippen molar-refractivity contribution in [1.29, 1.82) is 0 Å². The quantitative estimate of drug-likeness (QED) is 0.650. The third-order valence-corrected chi connectivity index (χ3v) is 3.24. The number of nitrogens with one attached hydrogen (secondary N) is 1. The van der Waals surface area contributed by atoms with Crippen LogP contribution in [0, 0.1) is 0 Å². The van der Waals surface area contributed by atoms with Gasteiger partial charge in [-0.25, -0.2) is 9.59 Å².